The van der Waals surface area contributed by atoms with Gasteiger partial charge in [0.15, 0.2) is 0 Å². The maximum atomic E-state index is 11.7. The Morgan fingerprint density at radius 2 is 1.12 bits per heavy atom. The van der Waals surface area contributed by atoms with Gasteiger partial charge in [-0.3, -0.25) is 4.79 Å². The molecule has 34 heavy (non-hydrogen) atoms. The predicted molar refractivity (Wildman–Crippen MR) is 143 cm³/mol. The van der Waals surface area contributed by atoms with Crippen LogP contribution >= 0.6 is 7.75 Å². The third kappa shape index (κ3) is 28.0. The van der Waals surface area contributed by atoms with Gasteiger partial charge < -0.3 is 20.4 Å². The summed E-state index contributed by atoms with van der Waals surface area (Å²) >= 11 is 0. The fourth-order valence-corrected chi connectivity index (χ4v) is 3.05. The fraction of sp³-hybridized carbons (Fsp3) is 0.500. The molecule has 5 N–H and O–H groups in total. The van der Waals surface area contributed by atoms with E-state index >= 15 is 0 Å². The molecule has 0 aliphatic carbocycles. The summed E-state index contributed by atoms with van der Waals surface area (Å²) in [6, 6.07) is 0. The van der Waals surface area contributed by atoms with Crippen LogP contribution in [-0.2, 0) is 9.36 Å². The number of hydrogen-bond acceptors (Lipinski definition) is 3. The maximum absolute atomic E-state index is 11.7. The molecule has 0 aliphatic rings. The van der Waals surface area contributed by atoms with Crippen LogP contribution in [0.5, 0.6) is 0 Å². The third-order valence-corrected chi connectivity index (χ3v) is 5.01. The second kappa shape index (κ2) is 24.1. The van der Waals surface area contributed by atoms with E-state index in [2.05, 4.69) is 89.5 Å². The van der Waals surface area contributed by atoms with Crippen molar-refractivity contribution >= 4 is 13.7 Å². The normalized spacial score (nSPS) is 13.1. The Hall–Kier alpha value is -2.02. The van der Waals surface area contributed by atoms with Gasteiger partial charge in [-0.25, -0.2) is 9.65 Å². The van der Waals surface area contributed by atoms with E-state index in [0.717, 1.165) is 38.5 Å². The Morgan fingerprint density at radius 3 is 1.59 bits per heavy atom. The van der Waals surface area contributed by atoms with Gasteiger partial charge in [0.25, 0.3) is 0 Å². The zero-order valence-corrected chi connectivity index (χ0v) is 21.5. The van der Waals surface area contributed by atoms with Crippen LogP contribution in [0.15, 0.2) is 72.9 Å². The summed E-state index contributed by atoms with van der Waals surface area (Å²) in [5.74, 6) is -0.00493. The standard InChI is InChI=1S/C26H44N3O4P/c1-2-3-4-5-6-7-8-9-10-11-12-13-14-15-16-17-18-19-20-21-26(30)28-24-22-27-23-25-29-34(31,32)33/h3-4,6-7,9-10,12-13,15-16,18-19,27H,2,5,8,11,14,17,20-25H2,1H3,(H,28,30)(H3,29,31,32,33)/b4-3-,7-6-,10-9-,13-12-,16-15-,19-18-. The number of hydrogen-bond donors (Lipinski definition) is 5. The quantitative estimate of drug-likeness (QED) is 0.0888. The molecular weight excluding hydrogens is 449 g/mol. The largest absolute Gasteiger partial charge is 0.400 e. The molecule has 0 bridgehead atoms. The summed E-state index contributed by atoms with van der Waals surface area (Å²) in [5.41, 5.74) is 0. The first-order valence-electron chi connectivity index (χ1n) is 12.1. The second-order valence-electron chi connectivity index (χ2n) is 7.51. The third-order valence-electron chi connectivity index (χ3n) is 4.38. The highest BCUT2D eigenvalue weighted by Crippen LogP contribution is 2.26. The maximum Gasteiger partial charge on any atom is 0.400 e. The minimum absolute atomic E-state index is 0.00493. The molecule has 0 atom stereocenters. The summed E-state index contributed by atoms with van der Waals surface area (Å²) in [5, 5.41) is 7.89. The summed E-state index contributed by atoms with van der Waals surface area (Å²) in [6.07, 6.45) is 32.9. The van der Waals surface area contributed by atoms with E-state index in [4.69, 9.17) is 9.79 Å². The summed E-state index contributed by atoms with van der Waals surface area (Å²) in [6.45, 7) is 3.76. The van der Waals surface area contributed by atoms with Crippen molar-refractivity contribution in [3.05, 3.63) is 72.9 Å². The molecule has 0 rings (SSSR count). The number of nitrogens with one attached hydrogen (secondary N) is 3. The van der Waals surface area contributed by atoms with Gasteiger partial charge in [0.2, 0.25) is 5.91 Å². The Balaban J connectivity index is 3.55. The molecule has 1 amide bonds. The van der Waals surface area contributed by atoms with Crippen LogP contribution in [0, 0.1) is 0 Å². The van der Waals surface area contributed by atoms with Gasteiger partial charge in [-0.1, -0.05) is 79.8 Å². The molecule has 0 radical (unpaired) electrons. The van der Waals surface area contributed by atoms with Crippen molar-refractivity contribution in [2.75, 3.05) is 26.2 Å². The molecule has 192 valence electrons. The van der Waals surface area contributed by atoms with Crippen LogP contribution in [0.25, 0.3) is 0 Å². The van der Waals surface area contributed by atoms with Crippen molar-refractivity contribution in [1.82, 2.24) is 15.7 Å². The summed E-state index contributed by atoms with van der Waals surface area (Å²) < 4.78 is 10.6. The molecule has 0 fully saturated rings. The first-order chi connectivity index (χ1) is 16.5. The number of allylic oxidation sites excluding steroid dienone is 12. The van der Waals surface area contributed by atoms with Crippen molar-refractivity contribution in [1.29, 1.82) is 0 Å². The van der Waals surface area contributed by atoms with Gasteiger partial charge in [0, 0.05) is 32.6 Å². The van der Waals surface area contributed by atoms with Crippen LogP contribution in [0.2, 0.25) is 0 Å². The van der Waals surface area contributed by atoms with E-state index in [0.29, 0.717) is 32.5 Å². The molecule has 0 heterocycles. The van der Waals surface area contributed by atoms with Crippen LogP contribution in [0.1, 0.15) is 58.3 Å². The van der Waals surface area contributed by atoms with E-state index in [1.54, 1.807) is 0 Å². The van der Waals surface area contributed by atoms with Gasteiger partial charge in [0.05, 0.1) is 0 Å². The molecule has 0 saturated carbocycles. The zero-order chi connectivity index (χ0) is 25.2. The minimum Gasteiger partial charge on any atom is -0.355 e. The highest BCUT2D eigenvalue weighted by Gasteiger charge is 2.09. The lowest BCUT2D eigenvalue weighted by Gasteiger charge is -2.08. The number of carbonyl (C=O) groups excluding carboxylic acids is 1. The topological polar surface area (TPSA) is 111 Å². The van der Waals surface area contributed by atoms with E-state index in [1.807, 2.05) is 6.08 Å². The number of carbonyl (C=O) groups is 1. The Bertz CT molecular complexity index is 722. The van der Waals surface area contributed by atoms with Crippen molar-refractivity contribution in [2.45, 2.75) is 58.3 Å². The van der Waals surface area contributed by atoms with Gasteiger partial charge in [0.1, 0.15) is 0 Å². The molecule has 0 aromatic heterocycles. The lowest BCUT2D eigenvalue weighted by Crippen LogP contribution is -2.34. The molecule has 0 aromatic carbocycles. The lowest BCUT2D eigenvalue weighted by atomic mass is 10.2. The molecule has 0 aromatic rings. The average molecular weight is 494 g/mol. The second-order valence-corrected chi connectivity index (χ2v) is 8.91. The van der Waals surface area contributed by atoms with Crippen molar-refractivity contribution in [3.63, 3.8) is 0 Å². The van der Waals surface area contributed by atoms with Crippen LogP contribution < -0.4 is 15.7 Å². The first kappa shape index (κ1) is 32.0. The van der Waals surface area contributed by atoms with Gasteiger partial charge in [-0.15, -0.1) is 0 Å². The van der Waals surface area contributed by atoms with E-state index in [-0.39, 0.29) is 12.5 Å². The fourth-order valence-electron chi connectivity index (χ4n) is 2.65. The van der Waals surface area contributed by atoms with Gasteiger partial charge >= 0.3 is 7.75 Å². The van der Waals surface area contributed by atoms with E-state index in [1.165, 1.54) is 0 Å². The van der Waals surface area contributed by atoms with E-state index < -0.39 is 7.75 Å². The Labute approximate surface area is 206 Å². The van der Waals surface area contributed by atoms with Crippen molar-refractivity contribution in [2.24, 2.45) is 0 Å². The number of rotatable bonds is 21. The Kier molecular flexibility index (Phi) is 22.7. The van der Waals surface area contributed by atoms with Crippen LogP contribution in [-0.4, -0.2) is 41.9 Å². The highest BCUT2D eigenvalue weighted by molar-refractivity contribution is 7.49. The summed E-state index contributed by atoms with van der Waals surface area (Å²) in [4.78, 5) is 29.0. The zero-order valence-electron chi connectivity index (χ0n) is 20.6. The van der Waals surface area contributed by atoms with Gasteiger partial charge in [-0.2, -0.15) is 0 Å². The summed E-state index contributed by atoms with van der Waals surface area (Å²) in [7, 11) is -4.15. The SMILES string of the molecule is CC/C=C\C/C=C\C/C=C\C/C=C\C/C=C\C/C=C\CCC(=O)NCCNCCNP(=O)(O)O. The molecule has 7 nitrogen and oxygen atoms in total. The van der Waals surface area contributed by atoms with Crippen LogP contribution in [0.4, 0.5) is 0 Å². The smallest absolute Gasteiger partial charge is 0.355 e. The highest BCUT2D eigenvalue weighted by atomic mass is 31.2. The molecule has 0 unspecified atom stereocenters. The lowest BCUT2D eigenvalue weighted by molar-refractivity contribution is -0.120. The van der Waals surface area contributed by atoms with Crippen molar-refractivity contribution < 1.29 is 19.1 Å². The predicted octanol–water partition coefficient (Wildman–Crippen LogP) is 4.85. The molecule has 0 aliphatic heterocycles. The molecule has 8 heteroatoms. The minimum atomic E-state index is -4.15. The monoisotopic (exact) mass is 493 g/mol. The molecule has 0 spiro atoms. The van der Waals surface area contributed by atoms with Gasteiger partial charge in [-0.05, 0) is 44.9 Å². The van der Waals surface area contributed by atoms with Crippen molar-refractivity contribution in [3.8, 4) is 0 Å². The van der Waals surface area contributed by atoms with Crippen LogP contribution in [0.3, 0.4) is 0 Å². The first-order valence-corrected chi connectivity index (χ1v) is 13.7. The number of amides is 1. The van der Waals surface area contributed by atoms with E-state index in [9.17, 15) is 9.36 Å². The Morgan fingerprint density at radius 1 is 0.676 bits per heavy atom. The molecule has 0 saturated heterocycles. The molecular formula is C26H44N3O4P. The average Bonchev–Trinajstić information content (AvgIpc) is 2.79.